The predicted octanol–water partition coefficient (Wildman–Crippen LogP) is 1.80. The van der Waals surface area contributed by atoms with Crippen LogP contribution in [0, 0.1) is 0 Å². The Morgan fingerprint density at radius 2 is 2.19 bits per heavy atom. The SMILES string of the molecule is O=Cc1c(O)ccc2c1CN(C(=O)c1cccnc1)CC2. The molecule has 0 bridgehead atoms. The molecule has 1 aromatic carbocycles. The summed E-state index contributed by atoms with van der Waals surface area (Å²) in [6.45, 7) is 0.912. The maximum atomic E-state index is 12.4. The lowest BCUT2D eigenvalue weighted by Gasteiger charge is -2.30. The molecule has 0 unspecified atom stereocenters. The molecule has 0 spiro atoms. The summed E-state index contributed by atoms with van der Waals surface area (Å²) >= 11 is 0. The standard InChI is InChI=1S/C16H14N2O3/c19-10-14-13-9-18(7-5-11(13)3-4-15(14)20)16(21)12-2-1-6-17-8-12/h1-4,6,8,10,20H,5,7,9H2. The van der Waals surface area contributed by atoms with Gasteiger partial charge in [-0.1, -0.05) is 6.07 Å². The molecule has 1 aromatic heterocycles. The van der Waals surface area contributed by atoms with E-state index in [1.54, 1.807) is 23.2 Å². The number of rotatable bonds is 2. The van der Waals surface area contributed by atoms with Crippen LogP contribution in [0.15, 0.2) is 36.7 Å². The highest BCUT2D eigenvalue weighted by molar-refractivity contribution is 5.94. The summed E-state index contributed by atoms with van der Waals surface area (Å²) < 4.78 is 0. The lowest BCUT2D eigenvalue weighted by molar-refractivity contribution is 0.0732. The van der Waals surface area contributed by atoms with Gasteiger partial charge in [-0.2, -0.15) is 0 Å². The van der Waals surface area contributed by atoms with Crippen molar-refractivity contribution in [2.75, 3.05) is 6.54 Å². The summed E-state index contributed by atoms with van der Waals surface area (Å²) in [5, 5.41) is 9.76. The fraction of sp³-hybridized carbons (Fsp3) is 0.188. The number of benzene rings is 1. The molecule has 5 heteroatoms. The molecular weight excluding hydrogens is 268 g/mol. The summed E-state index contributed by atoms with van der Waals surface area (Å²) in [5.74, 6) is -0.159. The molecule has 0 fully saturated rings. The first-order valence-electron chi connectivity index (χ1n) is 6.69. The van der Waals surface area contributed by atoms with Crippen LogP contribution >= 0.6 is 0 Å². The molecule has 0 saturated carbocycles. The zero-order chi connectivity index (χ0) is 14.8. The van der Waals surface area contributed by atoms with Crippen LogP contribution in [0.1, 0.15) is 31.8 Å². The van der Waals surface area contributed by atoms with Gasteiger partial charge in [0.15, 0.2) is 6.29 Å². The van der Waals surface area contributed by atoms with E-state index >= 15 is 0 Å². The number of carbonyl (C=O) groups is 2. The van der Waals surface area contributed by atoms with Gasteiger partial charge < -0.3 is 10.0 Å². The molecule has 0 radical (unpaired) electrons. The minimum absolute atomic E-state index is 0.0422. The van der Waals surface area contributed by atoms with E-state index in [4.69, 9.17) is 0 Å². The fourth-order valence-electron chi connectivity index (χ4n) is 2.62. The molecule has 1 N–H and O–H groups in total. The maximum absolute atomic E-state index is 12.4. The number of nitrogens with zero attached hydrogens (tertiary/aromatic N) is 2. The monoisotopic (exact) mass is 282 g/mol. The summed E-state index contributed by atoms with van der Waals surface area (Å²) in [5.41, 5.74) is 2.53. The number of hydrogen-bond donors (Lipinski definition) is 1. The molecule has 2 aromatic rings. The molecule has 1 aliphatic rings. The van der Waals surface area contributed by atoms with E-state index in [9.17, 15) is 14.7 Å². The molecule has 2 heterocycles. The Morgan fingerprint density at radius 3 is 2.90 bits per heavy atom. The second-order valence-corrected chi connectivity index (χ2v) is 4.97. The molecule has 3 rings (SSSR count). The third kappa shape index (κ3) is 2.38. The lowest BCUT2D eigenvalue weighted by atomic mass is 9.94. The van der Waals surface area contributed by atoms with Crippen molar-refractivity contribution >= 4 is 12.2 Å². The van der Waals surface area contributed by atoms with Gasteiger partial charge in [0.1, 0.15) is 5.75 Å². The first kappa shape index (κ1) is 13.3. The van der Waals surface area contributed by atoms with Gasteiger partial charge in [0, 0.05) is 25.5 Å². The maximum Gasteiger partial charge on any atom is 0.255 e. The van der Waals surface area contributed by atoms with Crippen LogP contribution < -0.4 is 0 Å². The van der Waals surface area contributed by atoms with Gasteiger partial charge in [-0.05, 0) is 35.7 Å². The number of aldehydes is 1. The normalized spacial score (nSPS) is 13.6. The van der Waals surface area contributed by atoms with E-state index in [0.717, 1.165) is 11.1 Å². The molecule has 0 atom stereocenters. The van der Waals surface area contributed by atoms with Crippen molar-refractivity contribution in [3.8, 4) is 5.75 Å². The van der Waals surface area contributed by atoms with E-state index in [0.29, 0.717) is 31.4 Å². The summed E-state index contributed by atoms with van der Waals surface area (Å²) in [6.07, 6.45) is 4.46. The molecule has 1 amide bonds. The van der Waals surface area contributed by atoms with Crippen molar-refractivity contribution in [3.05, 3.63) is 58.9 Å². The van der Waals surface area contributed by atoms with E-state index in [2.05, 4.69) is 4.98 Å². The van der Waals surface area contributed by atoms with E-state index in [1.807, 2.05) is 6.07 Å². The molecule has 5 nitrogen and oxygen atoms in total. The van der Waals surface area contributed by atoms with Crippen LogP contribution in [0.25, 0.3) is 0 Å². The van der Waals surface area contributed by atoms with Gasteiger partial charge in [-0.25, -0.2) is 0 Å². The number of fused-ring (bicyclic) bond motifs is 1. The lowest BCUT2D eigenvalue weighted by Crippen LogP contribution is -2.36. The van der Waals surface area contributed by atoms with E-state index < -0.39 is 0 Å². The number of carbonyl (C=O) groups excluding carboxylic acids is 2. The Labute approximate surface area is 121 Å². The van der Waals surface area contributed by atoms with Gasteiger partial charge in [0.05, 0.1) is 11.1 Å². The minimum Gasteiger partial charge on any atom is -0.507 e. The molecule has 0 saturated heterocycles. The summed E-state index contributed by atoms with van der Waals surface area (Å²) in [6, 6.07) is 6.77. The third-order valence-electron chi connectivity index (χ3n) is 3.74. The number of aromatic nitrogens is 1. The first-order valence-corrected chi connectivity index (χ1v) is 6.69. The summed E-state index contributed by atoms with van der Waals surface area (Å²) in [4.78, 5) is 29.2. The van der Waals surface area contributed by atoms with Gasteiger partial charge in [-0.3, -0.25) is 14.6 Å². The van der Waals surface area contributed by atoms with Gasteiger partial charge in [-0.15, -0.1) is 0 Å². The zero-order valence-electron chi connectivity index (χ0n) is 11.3. The number of amides is 1. The Balaban J connectivity index is 1.92. The van der Waals surface area contributed by atoms with Crippen molar-refractivity contribution in [2.45, 2.75) is 13.0 Å². The van der Waals surface area contributed by atoms with Crippen molar-refractivity contribution in [3.63, 3.8) is 0 Å². The van der Waals surface area contributed by atoms with Crippen LogP contribution in [0.2, 0.25) is 0 Å². The number of phenolic OH excluding ortho intramolecular Hbond substituents is 1. The third-order valence-corrected chi connectivity index (χ3v) is 3.74. The second-order valence-electron chi connectivity index (χ2n) is 4.97. The highest BCUT2D eigenvalue weighted by Gasteiger charge is 2.24. The number of hydrogen-bond acceptors (Lipinski definition) is 4. The highest BCUT2D eigenvalue weighted by atomic mass is 16.3. The Bertz CT molecular complexity index is 698. The topological polar surface area (TPSA) is 70.5 Å². The number of phenols is 1. The van der Waals surface area contributed by atoms with Crippen molar-refractivity contribution in [1.82, 2.24) is 9.88 Å². The number of pyridine rings is 1. The quantitative estimate of drug-likeness (QED) is 0.853. The Kier molecular flexibility index (Phi) is 3.39. The molecule has 21 heavy (non-hydrogen) atoms. The predicted molar refractivity (Wildman–Crippen MR) is 76.2 cm³/mol. The molecule has 1 aliphatic heterocycles. The van der Waals surface area contributed by atoms with Gasteiger partial charge in [0.2, 0.25) is 0 Å². The number of aromatic hydroxyl groups is 1. The van der Waals surface area contributed by atoms with E-state index in [-0.39, 0.29) is 17.2 Å². The fourth-order valence-corrected chi connectivity index (χ4v) is 2.62. The Hall–Kier alpha value is -2.69. The molecule has 0 aliphatic carbocycles. The Morgan fingerprint density at radius 1 is 1.33 bits per heavy atom. The smallest absolute Gasteiger partial charge is 0.255 e. The van der Waals surface area contributed by atoms with Crippen molar-refractivity contribution in [1.29, 1.82) is 0 Å². The first-order chi connectivity index (χ1) is 10.2. The van der Waals surface area contributed by atoms with Crippen molar-refractivity contribution in [2.24, 2.45) is 0 Å². The van der Waals surface area contributed by atoms with E-state index in [1.165, 1.54) is 12.3 Å². The average molecular weight is 282 g/mol. The average Bonchev–Trinajstić information content (AvgIpc) is 2.54. The highest BCUT2D eigenvalue weighted by Crippen LogP contribution is 2.28. The van der Waals surface area contributed by atoms with Crippen LogP contribution in [0.4, 0.5) is 0 Å². The molecule has 106 valence electrons. The van der Waals surface area contributed by atoms with Gasteiger partial charge in [0.25, 0.3) is 5.91 Å². The van der Waals surface area contributed by atoms with Crippen LogP contribution in [-0.4, -0.2) is 33.7 Å². The minimum atomic E-state index is -0.117. The summed E-state index contributed by atoms with van der Waals surface area (Å²) in [7, 11) is 0. The molecular formula is C16H14N2O3. The second kappa shape index (κ2) is 5.36. The van der Waals surface area contributed by atoms with Crippen LogP contribution in [-0.2, 0) is 13.0 Å². The van der Waals surface area contributed by atoms with Crippen LogP contribution in [0.3, 0.4) is 0 Å². The van der Waals surface area contributed by atoms with Gasteiger partial charge >= 0.3 is 0 Å². The van der Waals surface area contributed by atoms with Crippen molar-refractivity contribution < 1.29 is 14.7 Å². The zero-order valence-corrected chi connectivity index (χ0v) is 11.3. The largest absolute Gasteiger partial charge is 0.507 e. The van der Waals surface area contributed by atoms with Crippen LogP contribution in [0.5, 0.6) is 5.75 Å².